The van der Waals surface area contributed by atoms with Gasteiger partial charge in [-0.15, -0.1) is 5.10 Å². The molecule has 0 saturated heterocycles. The van der Waals surface area contributed by atoms with E-state index in [0.717, 1.165) is 0 Å². The van der Waals surface area contributed by atoms with Crippen LogP contribution in [0.4, 0.5) is 0 Å². The minimum absolute atomic E-state index is 0.0467. The van der Waals surface area contributed by atoms with Crippen molar-refractivity contribution in [1.82, 2.24) is 20.2 Å². The number of aromatic carboxylic acids is 1. The number of hydrogen-bond acceptors (Lipinski definition) is 5. The molecule has 1 N–H and O–H groups in total. The lowest BCUT2D eigenvalue weighted by Crippen LogP contribution is -2.05. The van der Waals surface area contributed by atoms with Crippen molar-refractivity contribution in [2.75, 3.05) is 0 Å². The van der Waals surface area contributed by atoms with Crippen molar-refractivity contribution in [3.63, 3.8) is 0 Å². The number of carboxylic acids is 1. The van der Waals surface area contributed by atoms with Gasteiger partial charge < -0.3 is 9.63 Å². The zero-order valence-corrected chi connectivity index (χ0v) is 7.91. The fourth-order valence-electron chi connectivity index (χ4n) is 1.18. The zero-order chi connectivity index (χ0) is 10.8. The average molecular weight is 208 g/mol. The molecule has 0 bridgehead atoms. The van der Waals surface area contributed by atoms with E-state index < -0.39 is 5.97 Å². The third-order valence-corrected chi connectivity index (χ3v) is 1.98. The predicted octanol–water partition coefficient (Wildman–Crippen LogP) is 0.321. The topological polar surface area (TPSA) is 94.0 Å². The minimum Gasteiger partial charge on any atom is -0.476 e. The van der Waals surface area contributed by atoms with Crippen LogP contribution in [0, 0.1) is 6.92 Å². The Morgan fingerprint density at radius 1 is 1.67 bits per heavy atom. The van der Waals surface area contributed by atoms with Gasteiger partial charge in [0.05, 0.1) is 11.9 Å². The summed E-state index contributed by atoms with van der Waals surface area (Å²) in [6, 6.07) is 1.68. The molecule has 0 saturated carbocycles. The Kier molecular flexibility index (Phi) is 2.20. The second kappa shape index (κ2) is 3.52. The molecule has 78 valence electrons. The first-order valence-corrected chi connectivity index (χ1v) is 4.21. The lowest BCUT2D eigenvalue weighted by atomic mass is 10.3. The molecule has 0 aliphatic rings. The number of aromatic nitrogens is 4. The van der Waals surface area contributed by atoms with Crippen LogP contribution >= 0.6 is 0 Å². The highest BCUT2D eigenvalue weighted by Crippen LogP contribution is 2.06. The normalized spacial score (nSPS) is 10.5. The summed E-state index contributed by atoms with van der Waals surface area (Å²) in [7, 11) is 0. The van der Waals surface area contributed by atoms with Crippen molar-refractivity contribution in [3.8, 4) is 0 Å². The lowest BCUT2D eigenvalue weighted by Gasteiger charge is -1.98. The summed E-state index contributed by atoms with van der Waals surface area (Å²) in [6.07, 6.45) is 1.51. The van der Waals surface area contributed by atoms with Crippen LogP contribution in [-0.2, 0) is 6.54 Å². The van der Waals surface area contributed by atoms with Crippen LogP contribution in [0.3, 0.4) is 0 Å². The highest BCUT2D eigenvalue weighted by atomic mass is 16.5. The Balaban J connectivity index is 2.27. The smallest absolute Gasteiger partial charge is 0.358 e. The fourth-order valence-corrected chi connectivity index (χ4v) is 1.18. The summed E-state index contributed by atoms with van der Waals surface area (Å²) in [6.45, 7) is 1.96. The average Bonchev–Trinajstić information content (AvgIpc) is 2.78. The molecular weight excluding hydrogens is 200 g/mol. The van der Waals surface area contributed by atoms with Gasteiger partial charge in [0.25, 0.3) is 0 Å². The van der Waals surface area contributed by atoms with E-state index in [1.807, 2.05) is 0 Å². The SMILES string of the molecule is Cc1c(C(=O)O)nnn1Cc1ccno1. The van der Waals surface area contributed by atoms with Gasteiger partial charge in [0.2, 0.25) is 0 Å². The summed E-state index contributed by atoms with van der Waals surface area (Å²) in [5, 5.41) is 19.5. The van der Waals surface area contributed by atoms with E-state index in [0.29, 0.717) is 18.0 Å². The van der Waals surface area contributed by atoms with Crippen LogP contribution in [0.15, 0.2) is 16.8 Å². The second-order valence-corrected chi connectivity index (χ2v) is 2.97. The van der Waals surface area contributed by atoms with Gasteiger partial charge in [0.1, 0.15) is 6.54 Å². The highest BCUT2D eigenvalue weighted by Gasteiger charge is 2.15. The maximum absolute atomic E-state index is 10.7. The number of carbonyl (C=O) groups is 1. The van der Waals surface area contributed by atoms with Crippen LogP contribution in [0.5, 0.6) is 0 Å². The Bertz CT molecular complexity index is 474. The first-order chi connectivity index (χ1) is 7.18. The molecular formula is C8H8N4O3. The Morgan fingerprint density at radius 3 is 3.00 bits per heavy atom. The number of rotatable bonds is 3. The van der Waals surface area contributed by atoms with E-state index in [1.54, 1.807) is 13.0 Å². The Hall–Kier alpha value is -2.18. The molecule has 2 aromatic rings. The first-order valence-electron chi connectivity index (χ1n) is 4.21. The van der Waals surface area contributed by atoms with Crippen LogP contribution in [0.25, 0.3) is 0 Å². The lowest BCUT2D eigenvalue weighted by molar-refractivity contribution is 0.0689. The molecule has 0 radical (unpaired) electrons. The maximum Gasteiger partial charge on any atom is 0.358 e. The van der Waals surface area contributed by atoms with Gasteiger partial charge in [-0.25, -0.2) is 9.48 Å². The molecule has 0 amide bonds. The molecule has 7 nitrogen and oxygen atoms in total. The van der Waals surface area contributed by atoms with E-state index in [2.05, 4.69) is 15.5 Å². The third kappa shape index (κ3) is 1.71. The van der Waals surface area contributed by atoms with Gasteiger partial charge in [-0.2, -0.15) is 0 Å². The van der Waals surface area contributed by atoms with Crippen molar-refractivity contribution in [2.45, 2.75) is 13.5 Å². The number of hydrogen-bond donors (Lipinski definition) is 1. The second-order valence-electron chi connectivity index (χ2n) is 2.97. The minimum atomic E-state index is -1.09. The van der Waals surface area contributed by atoms with Crippen LogP contribution in [0.2, 0.25) is 0 Å². The standard InChI is InChI=1S/C8H8N4O3/c1-5-7(8(13)14)10-11-12(5)4-6-2-3-9-15-6/h2-3H,4H2,1H3,(H,13,14). The molecule has 0 unspecified atom stereocenters. The van der Waals surface area contributed by atoms with Gasteiger partial charge in [-0.3, -0.25) is 0 Å². The van der Waals surface area contributed by atoms with Crippen molar-refractivity contribution < 1.29 is 14.4 Å². The molecule has 15 heavy (non-hydrogen) atoms. The molecule has 0 atom stereocenters. The van der Waals surface area contributed by atoms with Gasteiger partial charge in [-0.1, -0.05) is 10.4 Å². The van der Waals surface area contributed by atoms with Crippen molar-refractivity contribution in [2.24, 2.45) is 0 Å². The van der Waals surface area contributed by atoms with E-state index in [4.69, 9.17) is 9.63 Å². The van der Waals surface area contributed by atoms with Crippen LogP contribution < -0.4 is 0 Å². The first kappa shape index (κ1) is 9.38. The summed E-state index contributed by atoms with van der Waals surface area (Å²) in [5.41, 5.74) is 0.438. The zero-order valence-electron chi connectivity index (χ0n) is 7.91. The molecule has 2 rings (SSSR count). The monoisotopic (exact) mass is 208 g/mol. The third-order valence-electron chi connectivity index (χ3n) is 1.98. The van der Waals surface area contributed by atoms with Gasteiger partial charge in [0.15, 0.2) is 11.5 Å². The summed E-state index contributed by atoms with van der Waals surface area (Å²) in [5.74, 6) is -0.490. The van der Waals surface area contributed by atoms with Gasteiger partial charge >= 0.3 is 5.97 Å². The molecule has 7 heteroatoms. The molecule has 2 aromatic heterocycles. The van der Waals surface area contributed by atoms with Crippen molar-refractivity contribution in [3.05, 3.63) is 29.4 Å². The molecule has 2 heterocycles. The Morgan fingerprint density at radius 2 is 2.47 bits per heavy atom. The molecule has 0 fully saturated rings. The molecule has 0 aliphatic heterocycles. The van der Waals surface area contributed by atoms with Crippen LogP contribution in [0.1, 0.15) is 21.9 Å². The number of nitrogens with zero attached hydrogens (tertiary/aromatic N) is 4. The maximum atomic E-state index is 10.7. The molecule has 0 spiro atoms. The Labute approximate surface area is 84.3 Å². The van der Waals surface area contributed by atoms with Crippen LogP contribution in [-0.4, -0.2) is 31.2 Å². The quantitative estimate of drug-likeness (QED) is 0.780. The highest BCUT2D eigenvalue weighted by molar-refractivity contribution is 5.86. The van der Waals surface area contributed by atoms with Gasteiger partial charge in [0, 0.05) is 6.07 Å². The van der Waals surface area contributed by atoms with Crippen molar-refractivity contribution >= 4 is 5.97 Å². The molecule has 0 aliphatic carbocycles. The number of carboxylic acid groups (broad SMARTS) is 1. The summed E-state index contributed by atoms with van der Waals surface area (Å²) in [4.78, 5) is 10.7. The fraction of sp³-hybridized carbons (Fsp3) is 0.250. The summed E-state index contributed by atoms with van der Waals surface area (Å²) < 4.78 is 6.32. The summed E-state index contributed by atoms with van der Waals surface area (Å²) >= 11 is 0. The van der Waals surface area contributed by atoms with E-state index >= 15 is 0 Å². The van der Waals surface area contributed by atoms with E-state index in [1.165, 1.54) is 10.9 Å². The molecule has 0 aromatic carbocycles. The van der Waals surface area contributed by atoms with E-state index in [-0.39, 0.29) is 5.69 Å². The van der Waals surface area contributed by atoms with Crippen molar-refractivity contribution in [1.29, 1.82) is 0 Å². The largest absolute Gasteiger partial charge is 0.476 e. The van der Waals surface area contributed by atoms with E-state index in [9.17, 15) is 4.79 Å². The van der Waals surface area contributed by atoms with Gasteiger partial charge in [-0.05, 0) is 6.92 Å². The predicted molar refractivity (Wildman–Crippen MR) is 47.3 cm³/mol.